The minimum Gasteiger partial charge on any atom is -0.391 e. The van der Waals surface area contributed by atoms with Crippen LogP contribution in [-0.4, -0.2) is 146 Å². The van der Waals surface area contributed by atoms with E-state index >= 15 is 0 Å². The highest BCUT2D eigenvalue weighted by Gasteiger charge is 2.43. The number of carbonyl (C=O) groups is 5. The van der Waals surface area contributed by atoms with E-state index in [1.165, 1.54) is 26.2 Å². The molecule has 10 atom stereocenters. The van der Waals surface area contributed by atoms with Crippen LogP contribution in [0.3, 0.4) is 0 Å². The minimum absolute atomic E-state index is 0.0251. The molecule has 1 aromatic carbocycles. The molecule has 0 radical (unpaired) electrons. The van der Waals surface area contributed by atoms with Gasteiger partial charge in [-0.3, -0.25) is 28.8 Å². The SMILES string of the molecule is CC[C@H](C)[C@@H]([C@@H](CC(=O)N1CCC[C@H]1[C@H](OC)[C@@H](C)C(=O)N[C@@H](Cc1ccccc1)C(=O)N1CCCCO1)OC)N(C)C(=O)[C@@H](NC(=O)[C@@H](NC)C(C)O)C(C)C. The molecule has 2 saturated heterocycles. The molecule has 322 valence electrons. The summed E-state index contributed by atoms with van der Waals surface area (Å²) in [5.41, 5.74) is 0.899. The van der Waals surface area contributed by atoms with E-state index < -0.39 is 60.3 Å². The van der Waals surface area contributed by atoms with E-state index in [9.17, 15) is 29.1 Å². The molecule has 2 heterocycles. The molecular formula is C42H70N6O9. The van der Waals surface area contributed by atoms with Crippen LogP contribution in [0.4, 0.5) is 0 Å². The van der Waals surface area contributed by atoms with E-state index in [2.05, 4.69) is 16.0 Å². The van der Waals surface area contributed by atoms with Gasteiger partial charge >= 0.3 is 0 Å². The Morgan fingerprint density at radius 3 is 2.16 bits per heavy atom. The number of carbonyl (C=O) groups excluding carboxylic acids is 5. The van der Waals surface area contributed by atoms with Crippen molar-refractivity contribution in [2.24, 2.45) is 17.8 Å². The van der Waals surface area contributed by atoms with Crippen molar-refractivity contribution >= 4 is 29.5 Å². The standard InChI is InChI=1S/C42H70N6O9/c1-11-27(4)37(46(8)42(54)35(26(2)3)45-40(52)36(43-7)29(6)49)33(55-9)25-34(50)47-21-17-20-32(47)38(56-10)28(5)39(51)44-31(24-30-18-13-12-14-19-30)41(53)48-22-15-16-23-57-48/h12-14,18-19,26-29,31-33,35-38,43,49H,11,15-17,20-25H2,1-10H3,(H,44,51)(H,45,52)/t27-,28+,29?,31-,32-,33+,35-,36-,37-,38+/m0/s1. The lowest BCUT2D eigenvalue weighted by atomic mass is 9.89. The molecule has 2 aliphatic heterocycles. The zero-order chi connectivity index (χ0) is 42.4. The van der Waals surface area contributed by atoms with E-state index in [0.717, 1.165) is 18.4 Å². The number of likely N-dealkylation sites (N-methyl/N-ethyl adjacent to an activating group) is 2. The smallest absolute Gasteiger partial charge is 0.269 e. The van der Waals surface area contributed by atoms with E-state index in [-0.39, 0.29) is 41.9 Å². The maximum Gasteiger partial charge on any atom is 0.269 e. The van der Waals surface area contributed by atoms with Crippen molar-refractivity contribution < 1.29 is 43.4 Å². The second kappa shape index (κ2) is 23.1. The van der Waals surface area contributed by atoms with Gasteiger partial charge in [-0.05, 0) is 57.1 Å². The third-order valence-electron chi connectivity index (χ3n) is 11.7. The summed E-state index contributed by atoms with van der Waals surface area (Å²) >= 11 is 0. The first-order chi connectivity index (χ1) is 27.1. The van der Waals surface area contributed by atoms with Gasteiger partial charge in [0.1, 0.15) is 18.1 Å². The lowest BCUT2D eigenvalue weighted by molar-refractivity contribution is -0.199. The minimum atomic E-state index is -0.975. The van der Waals surface area contributed by atoms with Gasteiger partial charge in [-0.25, -0.2) is 5.06 Å². The summed E-state index contributed by atoms with van der Waals surface area (Å²) in [4.78, 5) is 78.2. The van der Waals surface area contributed by atoms with Crippen molar-refractivity contribution in [3.63, 3.8) is 0 Å². The number of rotatable bonds is 21. The number of hydrogen-bond donors (Lipinski definition) is 4. The number of aliphatic hydroxyl groups excluding tert-OH is 1. The Kier molecular flexibility index (Phi) is 19.3. The summed E-state index contributed by atoms with van der Waals surface area (Å²) in [5.74, 6) is -2.72. The number of likely N-dealkylation sites (tertiary alicyclic amines) is 1. The number of aliphatic hydroxyl groups is 1. The number of amides is 5. The molecular weight excluding hydrogens is 732 g/mol. The Balaban J connectivity index is 1.79. The zero-order valence-electron chi connectivity index (χ0n) is 35.9. The van der Waals surface area contributed by atoms with Crippen LogP contribution < -0.4 is 16.0 Å². The first-order valence-electron chi connectivity index (χ1n) is 20.7. The molecule has 5 amide bonds. The summed E-state index contributed by atoms with van der Waals surface area (Å²) in [7, 11) is 6.31. The number of nitrogens with zero attached hydrogens (tertiary/aromatic N) is 3. The fourth-order valence-corrected chi connectivity index (χ4v) is 8.17. The van der Waals surface area contributed by atoms with Crippen molar-refractivity contribution in [1.29, 1.82) is 0 Å². The number of ether oxygens (including phenoxy) is 2. The summed E-state index contributed by atoms with van der Waals surface area (Å²) in [5, 5.41) is 20.1. The molecule has 2 aliphatic rings. The first kappa shape index (κ1) is 47.7. The fraction of sp³-hybridized carbons (Fsp3) is 0.738. The van der Waals surface area contributed by atoms with Gasteiger partial charge in [-0.2, -0.15) is 0 Å². The Labute approximate surface area is 339 Å². The predicted molar refractivity (Wildman–Crippen MR) is 216 cm³/mol. The molecule has 0 aliphatic carbocycles. The van der Waals surface area contributed by atoms with Crippen LogP contribution in [0.2, 0.25) is 0 Å². The van der Waals surface area contributed by atoms with Crippen LogP contribution in [-0.2, 0) is 44.7 Å². The molecule has 15 heteroatoms. The van der Waals surface area contributed by atoms with Gasteiger partial charge in [0, 0.05) is 40.8 Å². The van der Waals surface area contributed by atoms with Gasteiger partial charge < -0.3 is 40.3 Å². The maximum atomic E-state index is 14.3. The largest absolute Gasteiger partial charge is 0.391 e. The Hall–Kier alpha value is -3.63. The molecule has 57 heavy (non-hydrogen) atoms. The fourth-order valence-electron chi connectivity index (χ4n) is 8.17. The van der Waals surface area contributed by atoms with Crippen molar-refractivity contribution in [3.8, 4) is 0 Å². The van der Waals surface area contributed by atoms with Gasteiger partial charge in [0.2, 0.25) is 23.6 Å². The van der Waals surface area contributed by atoms with Crippen molar-refractivity contribution in [2.45, 2.75) is 135 Å². The quantitative estimate of drug-likeness (QED) is 0.144. The molecule has 0 spiro atoms. The van der Waals surface area contributed by atoms with Crippen molar-refractivity contribution in [1.82, 2.24) is 30.8 Å². The van der Waals surface area contributed by atoms with Gasteiger partial charge in [0.25, 0.3) is 5.91 Å². The lowest BCUT2D eigenvalue weighted by Gasteiger charge is -2.41. The second-order valence-corrected chi connectivity index (χ2v) is 16.1. The molecule has 0 bridgehead atoms. The first-order valence-corrected chi connectivity index (χ1v) is 20.7. The molecule has 15 nitrogen and oxygen atoms in total. The van der Waals surface area contributed by atoms with Gasteiger partial charge in [0.05, 0.1) is 49.3 Å². The molecule has 4 N–H and O–H groups in total. The number of hydroxylamine groups is 2. The van der Waals surface area contributed by atoms with Crippen LogP contribution in [0.1, 0.15) is 85.6 Å². The van der Waals surface area contributed by atoms with Crippen molar-refractivity contribution in [3.05, 3.63) is 35.9 Å². The van der Waals surface area contributed by atoms with Gasteiger partial charge in [-0.1, -0.05) is 71.4 Å². The normalized spacial score (nSPS) is 20.7. The molecule has 1 aromatic rings. The van der Waals surface area contributed by atoms with E-state index in [1.54, 1.807) is 30.8 Å². The number of hydrogen-bond acceptors (Lipinski definition) is 10. The molecule has 0 aromatic heterocycles. The highest BCUT2D eigenvalue weighted by Crippen LogP contribution is 2.30. The third kappa shape index (κ3) is 12.7. The highest BCUT2D eigenvalue weighted by atomic mass is 16.7. The van der Waals surface area contributed by atoms with Crippen LogP contribution in [0.25, 0.3) is 0 Å². The summed E-state index contributed by atoms with van der Waals surface area (Å²) in [6.45, 7) is 12.3. The summed E-state index contributed by atoms with van der Waals surface area (Å²) in [6, 6.07) is 5.95. The number of methoxy groups -OCH3 is 2. The molecule has 2 fully saturated rings. The van der Waals surface area contributed by atoms with Gasteiger partial charge in [-0.15, -0.1) is 0 Å². The monoisotopic (exact) mass is 803 g/mol. The Bertz CT molecular complexity index is 1440. The zero-order valence-corrected chi connectivity index (χ0v) is 35.9. The van der Waals surface area contributed by atoms with E-state index in [1.807, 2.05) is 58.0 Å². The second-order valence-electron chi connectivity index (χ2n) is 16.1. The maximum absolute atomic E-state index is 14.3. The molecule has 3 rings (SSSR count). The van der Waals surface area contributed by atoms with Crippen molar-refractivity contribution in [2.75, 3.05) is 48.0 Å². The summed E-state index contributed by atoms with van der Waals surface area (Å²) in [6.07, 6.45) is 1.66. The van der Waals surface area contributed by atoms with Gasteiger partial charge in [0.15, 0.2) is 0 Å². The van der Waals surface area contributed by atoms with Crippen LogP contribution in [0.5, 0.6) is 0 Å². The van der Waals surface area contributed by atoms with E-state index in [4.69, 9.17) is 14.3 Å². The van der Waals surface area contributed by atoms with Crippen LogP contribution in [0, 0.1) is 17.8 Å². The molecule has 0 saturated carbocycles. The van der Waals surface area contributed by atoms with Crippen LogP contribution in [0.15, 0.2) is 30.3 Å². The Morgan fingerprint density at radius 1 is 0.930 bits per heavy atom. The van der Waals surface area contributed by atoms with Crippen LogP contribution >= 0.6 is 0 Å². The lowest BCUT2D eigenvalue weighted by Crippen LogP contribution is -2.60. The third-order valence-corrected chi connectivity index (χ3v) is 11.7. The average Bonchev–Trinajstić information content (AvgIpc) is 3.69. The average molecular weight is 803 g/mol. The summed E-state index contributed by atoms with van der Waals surface area (Å²) < 4.78 is 12.0. The Morgan fingerprint density at radius 2 is 1.61 bits per heavy atom. The number of benzene rings is 1. The molecule has 1 unspecified atom stereocenters. The highest BCUT2D eigenvalue weighted by molar-refractivity contribution is 5.91. The predicted octanol–water partition coefficient (Wildman–Crippen LogP) is 2.30. The topological polar surface area (TPSA) is 179 Å². The van der Waals surface area contributed by atoms with E-state index in [0.29, 0.717) is 45.4 Å². The number of nitrogens with one attached hydrogen (secondary N) is 3.